The minimum absolute atomic E-state index is 0.325. The molecule has 4 unspecified atom stereocenters. The molecule has 0 heterocycles. The minimum atomic E-state index is 0.325. The second kappa shape index (κ2) is 3.99. The normalized spacial score (nSPS) is 43.9. The molecule has 0 spiro atoms. The highest BCUT2D eigenvalue weighted by Gasteiger charge is 2.50. The Labute approximate surface area is 99.4 Å². The Hall–Kier alpha value is -0.0800. The lowest BCUT2D eigenvalue weighted by Gasteiger charge is -2.38. The Morgan fingerprint density at radius 2 is 2.12 bits per heavy atom. The monoisotopic (exact) mass is 222 g/mol. The van der Waals surface area contributed by atoms with Crippen molar-refractivity contribution in [3.63, 3.8) is 0 Å². The van der Waals surface area contributed by atoms with E-state index in [4.69, 9.17) is 5.73 Å². The lowest BCUT2D eigenvalue weighted by molar-refractivity contribution is 0.203. The molecule has 2 bridgehead atoms. The summed E-state index contributed by atoms with van der Waals surface area (Å²) in [4.78, 5) is 0. The van der Waals surface area contributed by atoms with Crippen LogP contribution in [0.1, 0.15) is 45.4 Å². The molecule has 0 radical (unpaired) electrons. The fraction of sp³-hybridized carbons (Fsp3) is 1.00. The van der Waals surface area contributed by atoms with Gasteiger partial charge in [0.25, 0.3) is 0 Å². The van der Waals surface area contributed by atoms with Crippen molar-refractivity contribution in [3.05, 3.63) is 0 Å². The van der Waals surface area contributed by atoms with Gasteiger partial charge in [0.15, 0.2) is 0 Å². The molecule has 4 atom stereocenters. The fourth-order valence-electron chi connectivity index (χ4n) is 4.18. The summed E-state index contributed by atoms with van der Waals surface area (Å²) < 4.78 is 0. The zero-order valence-electron chi connectivity index (χ0n) is 10.5. The second-order valence-corrected chi connectivity index (χ2v) is 6.64. The summed E-state index contributed by atoms with van der Waals surface area (Å²) in [5, 5.41) is 3.87. The zero-order chi connectivity index (χ0) is 11.2. The highest BCUT2D eigenvalue weighted by molar-refractivity contribution is 5.07. The number of nitrogens with one attached hydrogen (secondary N) is 1. The van der Waals surface area contributed by atoms with Crippen LogP contribution in [0.25, 0.3) is 0 Å². The van der Waals surface area contributed by atoms with Crippen LogP contribution in [0.2, 0.25) is 0 Å². The standard InChI is InChI=1S/C14H26N2/c1-10(12-3-4-12)8-16-14(9-15)7-11-2-5-13(14)6-11/h10-13,16H,2-9,15H2,1H3. The predicted octanol–water partition coefficient (Wildman–Crippen LogP) is 2.14. The Morgan fingerprint density at radius 1 is 1.31 bits per heavy atom. The van der Waals surface area contributed by atoms with Crippen LogP contribution < -0.4 is 11.1 Å². The first-order valence-electron chi connectivity index (χ1n) is 7.18. The molecule has 2 heteroatoms. The molecule has 0 aromatic rings. The average Bonchev–Trinajstić information content (AvgIpc) is 2.98. The highest BCUT2D eigenvalue weighted by atomic mass is 15.0. The van der Waals surface area contributed by atoms with Gasteiger partial charge in [0.05, 0.1) is 0 Å². The topological polar surface area (TPSA) is 38.0 Å². The minimum Gasteiger partial charge on any atom is -0.329 e. The summed E-state index contributed by atoms with van der Waals surface area (Å²) in [7, 11) is 0. The molecule has 3 fully saturated rings. The van der Waals surface area contributed by atoms with E-state index < -0.39 is 0 Å². The van der Waals surface area contributed by atoms with Gasteiger partial charge in [-0.25, -0.2) is 0 Å². The van der Waals surface area contributed by atoms with E-state index in [1.54, 1.807) is 0 Å². The fourth-order valence-corrected chi connectivity index (χ4v) is 4.18. The first-order chi connectivity index (χ1) is 7.73. The van der Waals surface area contributed by atoms with Gasteiger partial charge in [-0.1, -0.05) is 13.3 Å². The van der Waals surface area contributed by atoms with Gasteiger partial charge in [0, 0.05) is 12.1 Å². The first kappa shape index (κ1) is 11.0. The molecule has 0 amide bonds. The van der Waals surface area contributed by atoms with Gasteiger partial charge in [0.2, 0.25) is 0 Å². The molecule has 0 aromatic heterocycles. The van der Waals surface area contributed by atoms with E-state index in [1.165, 1.54) is 45.1 Å². The maximum atomic E-state index is 6.07. The summed E-state index contributed by atoms with van der Waals surface area (Å²) >= 11 is 0. The van der Waals surface area contributed by atoms with Crippen molar-refractivity contribution in [1.29, 1.82) is 0 Å². The molecule has 3 N–H and O–H groups in total. The summed E-state index contributed by atoms with van der Waals surface area (Å²) in [6.45, 7) is 4.46. The number of fused-ring (bicyclic) bond motifs is 2. The van der Waals surface area contributed by atoms with Crippen LogP contribution in [0.4, 0.5) is 0 Å². The molecular formula is C14H26N2. The van der Waals surface area contributed by atoms with E-state index in [0.29, 0.717) is 5.54 Å². The maximum absolute atomic E-state index is 6.07. The molecular weight excluding hydrogens is 196 g/mol. The van der Waals surface area contributed by atoms with Crippen LogP contribution in [0.5, 0.6) is 0 Å². The van der Waals surface area contributed by atoms with Crippen molar-refractivity contribution in [2.45, 2.75) is 51.0 Å². The van der Waals surface area contributed by atoms with Gasteiger partial charge in [-0.05, 0) is 62.3 Å². The van der Waals surface area contributed by atoms with Crippen LogP contribution in [0.15, 0.2) is 0 Å². The Balaban J connectivity index is 1.58. The summed E-state index contributed by atoms with van der Waals surface area (Å²) in [6, 6.07) is 0. The molecule has 3 saturated carbocycles. The van der Waals surface area contributed by atoms with Gasteiger partial charge < -0.3 is 11.1 Å². The predicted molar refractivity (Wildman–Crippen MR) is 67.1 cm³/mol. The average molecular weight is 222 g/mol. The lowest BCUT2D eigenvalue weighted by Crippen LogP contribution is -2.56. The van der Waals surface area contributed by atoms with Crippen molar-refractivity contribution < 1.29 is 0 Å². The van der Waals surface area contributed by atoms with Crippen LogP contribution >= 0.6 is 0 Å². The molecule has 0 aromatic carbocycles. The van der Waals surface area contributed by atoms with Crippen LogP contribution in [0.3, 0.4) is 0 Å². The van der Waals surface area contributed by atoms with Gasteiger partial charge >= 0.3 is 0 Å². The molecule has 92 valence electrons. The first-order valence-corrected chi connectivity index (χ1v) is 7.18. The summed E-state index contributed by atoms with van der Waals surface area (Å²) in [6.07, 6.45) is 8.61. The van der Waals surface area contributed by atoms with Gasteiger partial charge in [0.1, 0.15) is 0 Å². The van der Waals surface area contributed by atoms with E-state index in [9.17, 15) is 0 Å². The summed E-state index contributed by atoms with van der Waals surface area (Å²) in [5.74, 6) is 3.75. The van der Waals surface area contributed by atoms with Crippen LogP contribution in [-0.4, -0.2) is 18.6 Å². The maximum Gasteiger partial charge on any atom is 0.0335 e. The van der Waals surface area contributed by atoms with Crippen LogP contribution in [-0.2, 0) is 0 Å². The van der Waals surface area contributed by atoms with Crippen molar-refractivity contribution in [3.8, 4) is 0 Å². The van der Waals surface area contributed by atoms with Crippen molar-refractivity contribution in [1.82, 2.24) is 5.32 Å². The van der Waals surface area contributed by atoms with Gasteiger partial charge in [-0.2, -0.15) is 0 Å². The molecule has 3 aliphatic carbocycles. The number of hydrogen-bond acceptors (Lipinski definition) is 2. The Bertz CT molecular complexity index is 261. The zero-order valence-corrected chi connectivity index (χ0v) is 10.5. The highest BCUT2D eigenvalue weighted by Crippen LogP contribution is 2.50. The Kier molecular flexibility index (Phi) is 2.75. The van der Waals surface area contributed by atoms with Crippen molar-refractivity contribution in [2.24, 2.45) is 29.4 Å². The van der Waals surface area contributed by atoms with E-state index in [1.807, 2.05) is 0 Å². The van der Waals surface area contributed by atoms with Gasteiger partial charge in [-0.15, -0.1) is 0 Å². The van der Waals surface area contributed by atoms with Crippen LogP contribution in [0, 0.1) is 23.7 Å². The molecule has 2 nitrogen and oxygen atoms in total. The smallest absolute Gasteiger partial charge is 0.0335 e. The number of hydrogen-bond donors (Lipinski definition) is 2. The quantitative estimate of drug-likeness (QED) is 0.748. The molecule has 0 saturated heterocycles. The Morgan fingerprint density at radius 3 is 2.62 bits per heavy atom. The van der Waals surface area contributed by atoms with E-state index in [2.05, 4.69) is 12.2 Å². The molecule has 16 heavy (non-hydrogen) atoms. The van der Waals surface area contributed by atoms with Crippen molar-refractivity contribution >= 4 is 0 Å². The lowest BCUT2D eigenvalue weighted by atomic mass is 9.80. The third-order valence-electron chi connectivity index (χ3n) is 5.54. The molecule has 3 rings (SSSR count). The largest absolute Gasteiger partial charge is 0.329 e. The van der Waals surface area contributed by atoms with E-state index >= 15 is 0 Å². The number of nitrogens with two attached hydrogens (primary N) is 1. The SMILES string of the molecule is CC(CNC1(CN)CC2CCC1C2)C1CC1. The third kappa shape index (κ3) is 1.80. The summed E-state index contributed by atoms with van der Waals surface area (Å²) in [5.41, 5.74) is 6.40. The number of rotatable bonds is 5. The van der Waals surface area contributed by atoms with Gasteiger partial charge in [-0.3, -0.25) is 0 Å². The third-order valence-corrected chi connectivity index (χ3v) is 5.54. The second-order valence-electron chi connectivity index (χ2n) is 6.64. The van der Waals surface area contributed by atoms with Crippen molar-refractivity contribution in [2.75, 3.05) is 13.1 Å². The molecule has 3 aliphatic rings. The molecule has 0 aliphatic heterocycles. The van der Waals surface area contributed by atoms with E-state index in [0.717, 1.165) is 30.2 Å². The van der Waals surface area contributed by atoms with E-state index in [-0.39, 0.29) is 0 Å².